The molecule has 0 unspecified atom stereocenters. The van der Waals surface area contributed by atoms with E-state index in [9.17, 15) is 0 Å². The van der Waals surface area contributed by atoms with Crippen molar-refractivity contribution in [2.24, 2.45) is 0 Å². The quantitative estimate of drug-likeness (QED) is 0.585. The van der Waals surface area contributed by atoms with Crippen molar-refractivity contribution in [3.63, 3.8) is 0 Å². The van der Waals surface area contributed by atoms with E-state index >= 15 is 0 Å². The van der Waals surface area contributed by atoms with Crippen LogP contribution in [0.1, 0.15) is 20.8 Å². The van der Waals surface area contributed by atoms with Crippen molar-refractivity contribution in [1.82, 2.24) is 5.32 Å². The second-order valence-corrected chi connectivity index (χ2v) is 12.0. The fraction of sp³-hybridized carbons (Fsp3) is 0.875. The number of thiocarbonyl (C=S) groups is 1. The molecule has 0 atom stereocenters. The number of hydrogen-bond donors (Lipinski definition) is 1. The molecule has 74 valence electrons. The van der Waals surface area contributed by atoms with E-state index in [1.807, 2.05) is 7.05 Å². The fourth-order valence-corrected chi connectivity index (χ4v) is 5.56. The number of nitrogens with one attached hydrogen (secondary N) is 1. The van der Waals surface area contributed by atoms with E-state index in [0.717, 1.165) is 23.2 Å². The summed E-state index contributed by atoms with van der Waals surface area (Å²) < 4.78 is 0.898. The van der Waals surface area contributed by atoms with Gasteiger partial charge in [0.15, 0.2) is 0 Å². The maximum absolute atomic E-state index is 6.73. The van der Waals surface area contributed by atoms with Gasteiger partial charge in [-0.05, 0) is 0 Å². The molecule has 0 fully saturated rings. The summed E-state index contributed by atoms with van der Waals surface area (Å²) in [7, 11) is 1.87. The van der Waals surface area contributed by atoms with Gasteiger partial charge in [0.2, 0.25) is 0 Å². The molecule has 1 N–H and O–H groups in total. The van der Waals surface area contributed by atoms with Crippen molar-refractivity contribution >= 4 is 34.1 Å². The Balaban J connectivity index is 4.95. The summed E-state index contributed by atoms with van der Waals surface area (Å²) in [6, 6.07) is 0. The van der Waals surface area contributed by atoms with Crippen LogP contribution in [0.25, 0.3) is 0 Å². The van der Waals surface area contributed by atoms with Gasteiger partial charge in [0.25, 0.3) is 0 Å². The van der Waals surface area contributed by atoms with E-state index in [2.05, 4.69) is 26.1 Å². The molecular formula is C8H19ClNPS. The molecule has 1 nitrogen and oxygen atoms in total. The van der Waals surface area contributed by atoms with E-state index in [0.29, 0.717) is 0 Å². The molecule has 0 bridgehead atoms. The van der Waals surface area contributed by atoms with Gasteiger partial charge in [0.1, 0.15) is 0 Å². The van der Waals surface area contributed by atoms with Crippen molar-refractivity contribution in [3.05, 3.63) is 0 Å². The van der Waals surface area contributed by atoms with Crippen LogP contribution in [0.15, 0.2) is 0 Å². The molecule has 0 heterocycles. The second kappa shape index (κ2) is 4.21. The summed E-state index contributed by atoms with van der Waals surface area (Å²) in [5, 5.41) is 3.06. The summed E-state index contributed by atoms with van der Waals surface area (Å²) in [6.07, 6.45) is 3.00. The average Bonchev–Trinajstić information content (AvgIpc) is 2.16. The first-order valence-electron chi connectivity index (χ1n) is 4.42. The van der Waals surface area contributed by atoms with Gasteiger partial charge >= 0.3 is 85.8 Å². The number of hydrogen-bond acceptors (Lipinski definition) is 1. The zero-order valence-corrected chi connectivity index (χ0v) is 10.8. The van der Waals surface area contributed by atoms with Crippen LogP contribution in [0.3, 0.4) is 0 Å². The van der Waals surface area contributed by atoms with Crippen molar-refractivity contribution in [2.75, 3.05) is 25.5 Å². The normalized spacial score (nSPS) is 14.9. The first kappa shape index (κ1) is 12.6. The predicted octanol–water partition coefficient (Wildman–Crippen LogP) is 3.26. The molecule has 0 radical (unpaired) electrons. The zero-order valence-electron chi connectivity index (χ0n) is 8.35. The Morgan fingerprint density at radius 2 is 1.58 bits per heavy atom. The Morgan fingerprint density at radius 3 is 1.67 bits per heavy atom. The standard InChI is InChI=1S/C8H19ClNPS/c1-5-11(9,6-2,7-3)8(12)10-4/h5-7H2,1-4H3,(H,10,12). The first-order chi connectivity index (χ1) is 5.47. The maximum atomic E-state index is 6.73. The van der Waals surface area contributed by atoms with Crippen LogP contribution in [-0.4, -0.2) is 30.3 Å². The van der Waals surface area contributed by atoms with Crippen molar-refractivity contribution in [2.45, 2.75) is 20.8 Å². The van der Waals surface area contributed by atoms with Crippen LogP contribution < -0.4 is 5.32 Å². The molecule has 0 aromatic heterocycles. The number of rotatable bonds is 4. The van der Waals surface area contributed by atoms with Crippen molar-refractivity contribution < 1.29 is 0 Å². The summed E-state index contributed by atoms with van der Waals surface area (Å²) >= 11 is 12.0. The molecule has 0 saturated carbocycles. The minimum atomic E-state index is -2.20. The van der Waals surface area contributed by atoms with Crippen LogP contribution in [0, 0.1) is 0 Å². The SMILES string of the molecule is CCP(Cl)(CC)(CC)C(=S)NC. The Hall–Kier alpha value is 0.610. The Kier molecular flexibility index (Phi) is 4.43. The monoisotopic (exact) mass is 227 g/mol. The van der Waals surface area contributed by atoms with E-state index in [1.165, 1.54) is 0 Å². The zero-order chi connectivity index (χ0) is 9.85. The molecule has 0 saturated heterocycles. The average molecular weight is 228 g/mol. The molecule has 0 spiro atoms. The summed E-state index contributed by atoms with van der Waals surface area (Å²) in [4.78, 5) is 0. The molecule has 12 heavy (non-hydrogen) atoms. The van der Waals surface area contributed by atoms with E-state index in [-0.39, 0.29) is 0 Å². The van der Waals surface area contributed by atoms with Crippen LogP contribution >= 0.6 is 29.4 Å². The van der Waals surface area contributed by atoms with Crippen LogP contribution in [-0.2, 0) is 0 Å². The van der Waals surface area contributed by atoms with Gasteiger partial charge in [-0.3, -0.25) is 0 Å². The summed E-state index contributed by atoms with van der Waals surface area (Å²) in [5.41, 5.74) is 0. The van der Waals surface area contributed by atoms with E-state index in [1.54, 1.807) is 0 Å². The van der Waals surface area contributed by atoms with E-state index < -0.39 is 5.96 Å². The molecule has 4 heteroatoms. The van der Waals surface area contributed by atoms with Crippen LogP contribution in [0.4, 0.5) is 0 Å². The predicted molar refractivity (Wildman–Crippen MR) is 66.1 cm³/mol. The van der Waals surface area contributed by atoms with Crippen molar-refractivity contribution in [1.29, 1.82) is 0 Å². The molecule has 0 amide bonds. The summed E-state index contributed by atoms with van der Waals surface area (Å²) in [5.74, 6) is -2.20. The molecule has 0 aliphatic heterocycles. The van der Waals surface area contributed by atoms with Crippen LogP contribution in [0.5, 0.6) is 0 Å². The van der Waals surface area contributed by atoms with E-state index in [4.69, 9.17) is 23.5 Å². The Labute approximate surface area is 86.0 Å². The minimum absolute atomic E-state index is 0.898. The Bertz CT molecular complexity index is 169. The molecule has 0 aromatic carbocycles. The third-order valence-corrected chi connectivity index (χ3v) is 13.1. The van der Waals surface area contributed by atoms with Gasteiger partial charge in [-0.25, -0.2) is 0 Å². The van der Waals surface area contributed by atoms with Gasteiger partial charge in [-0.15, -0.1) is 0 Å². The molecule has 0 aliphatic carbocycles. The topological polar surface area (TPSA) is 12.0 Å². The molecule has 0 rings (SSSR count). The Morgan fingerprint density at radius 1 is 1.25 bits per heavy atom. The molecule has 0 aliphatic rings. The van der Waals surface area contributed by atoms with Gasteiger partial charge < -0.3 is 0 Å². The fourth-order valence-electron chi connectivity index (χ4n) is 1.38. The molecule has 0 aromatic rings. The van der Waals surface area contributed by atoms with Crippen LogP contribution in [0.2, 0.25) is 0 Å². The summed E-state index contributed by atoms with van der Waals surface area (Å²) in [6.45, 7) is 6.42. The van der Waals surface area contributed by atoms with Gasteiger partial charge in [-0.1, -0.05) is 0 Å². The first-order valence-corrected chi connectivity index (χ1v) is 8.52. The number of halogens is 1. The molecular weight excluding hydrogens is 209 g/mol. The van der Waals surface area contributed by atoms with Crippen molar-refractivity contribution in [3.8, 4) is 0 Å². The van der Waals surface area contributed by atoms with Gasteiger partial charge in [-0.2, -0.15) is 0 Å². The van der Waals surface area contributed by atoms with Gasteiger partial charge in [0.05, 0.1) is 0 Å². The van der Waals surface area contributed by atoms with Gasteiger partial charge in [0, 0.05) is 0 Å². The third-order valence-electron chi connectivity index (χ3n) is 2.90. The third kappa shape index (κ3) is 1.92. The second-order valence-electron chi connectivity index (χ2n) is 3.09.